The van der Waals surface area contributed by atoms with Crippen LogP contribution < -0.4 is 4.74 Å². The predicted octanol–water partition coefficient (Wildman–Crippen LogP) is 3.38. The molecule has 1 heterocycles. The van der Waals surface area contributed by atoms with Gasteiger partial charge in [-0.3, -0.25) is 4.79 Å². The van der Waals surface area contributed by atoms with Crippen LogP contribution in [0.2, 0.25) is 0 Å². The number of carbonyl (C=O) groups excluding carboxylic acids is 1. The van der Waals surface area contributed by atoms with Crippen molar-refractivity contribution in [2.75, 3.05) is 7.11 Å². The zero-order valence-electron chi connectivity index (χ0n) is 8.57. The molecule has 1 aromatic carbocycles. The van der Waals surface area contributed by atoms with Crippen LogP contribution in [0.3, 0.4) is 0 Å². The first-order valence-corrected chi connectivity index (χ1v) is 5.45. The van der Waals surface area contributed by atoms with Gasteiger partial charge in [0.15, 0.2) is 6.29 Å². The number of hydrogen-bond donors (Lipinski definition) is 0. The number of methoxy groups -OCH3 is 1. The number of aldehydes is 1. The van der Waals surface area contributed by atoms with Crippen LogP contribution in [0.5, 0.6) is 5.75 Å². The van der Waals surface area contributed by atoms with Gasteiger partial charge >= 0.3 is 0 Å². The second-order valence-corrected chi connectivity index (χ2v) is 4.28. The summed E-state index contributed by atoms with van der Waals surface area (Å²) < 4.78 is 18.6. The van der Waals surface area contributed by atoms with Gasteiger partial charge in [0.1, 0.15) is 11.6 Å². The fourth-order valence-electron chi connectivity index (χ4n) is 1.38. The van der Waals surface area contributed by atoms with Crippen molar-refractivity contribution in [2.45, 2.75) is 0 Å². The molecule has 2 rings (SSSR count). The van der Waals surface area contributed by atoms with Crippen molar-refractivity contribution in [3.8, 4) is 16.2 Å². The Kier molecular flexibility index (Phi) is 3.01. The van der Waals surface area contributed by atoms with Gasteiger partial charge in [0.25, 0.3) is 0 Å². The summed E-state index contributed by atoms with van der Waals surface area (Å²) >= 11 is 1.26. The van der Waals surface area contributed by atoms with E-state index in [1.165, 1.54) is 24.5 Å². The highest BCUT2D eigenvalue weighted by Gasteiger charge is 2.08. The molecule has 0 radical (unpaired) electrons. The van der Waals surface area contributed by atoms with Crippen molar-refractivity contribution in [3.05, 3.63) is 41.0 Å². The highest BCUT2D eigenvalue weighted by atomic mass is 32.1. The summed E-state index contributed by atoms with van der Waals surface area (Å²) in [6.45, 7) is 0. The molecule has 2 aromatic rings. The Bertz CT molecular complexity index is 519. The molecule has 0 spiro atoms. The molecule has 0 bridgehead atoms. The van der Waals surface area contributed by atoms with Gasteiger partial charge in [0.2, 0.25) is 0 Å². The lowest BCUT2D eigenvalue weighted by molar-refractivity contribution is 0.112. The molecule has 2 nitrogen and oxygen atoms in total. The number of thiophene rings is 1. The zero-order chi connectivity index (χ0) is 11.5. The lowest BCUT2D eigenvalue weighted by Gasteiger charge is -2.03. The molecular weight excluding hydrogens is 227 g/mol. The second-order valence-electron chi connectivity index (χ2n) is 3.17. The first-order chi connectivity index (χ1) is 7.74. The van der Waals surface area contributed by atoms with Gasteiger partial charge in [-0.2, -0.15) is 0 Å². The van der Waals surface area contributed by atoms with Gasteiger partial charge in [0.05, 0.1) is 12.0 Å². The summed E-state index contributed by atoms with van der Waals surface area (Å²) in [7, 11) is 1.49. The molecule has 0 saturated heterocycles. The summed E-state index contributed by atoms with van der Waals surface area (Å²) in [5, 5.41) is 0. The minimum atomic E-state index is -0.348. The van der Waals surface area contributed by atoms with E-state index in [0.29, 0.717) is 16.2 Å². The van der Waals surface area contributed by atoms with Crippen molar-refractivity contribution in [1.29, 1.82) is 0 Å². The standard InChI is InChI=1S/C12H9FO2S/c1-15-8-2-4-10(11(13)6-8)12-5-3-9(7-14)16-12/h2-7H,1H3. The highest BCUT2D eigenvalue weighted by molar-refractivity contribution is 7.17. The normalized spacial score (nSPS) is 10.1. The molecule has 0 N–H and O–H groups in total. The largest absolute Gasteiger partial charge is 0.497 e. The van der Waals surface area contributed by atoms with E-state index in [2.05, 4.69) is 0 Å². The molecule has 0 fully saturated rings. The number of hydrogen-bond acceptors (Lipinski definition) is 3. The molecule has 1 aromatic heterocycles. The molecule has 0 aliphatic rings. The third-order valence-electron chi connectivity index (χ3n) is 2.18. The van der Waals surface area contributed by atoms with Crippen LogP contribution in [0.15, 0.2) is 30.3 Å². The van der Waals surface area contributed by atoms with Crippen molar-refractivity contribution in [2.24, 2.45) is 0 Å². The molecule has 0 aliphatic carbocycles. The maximum absolute atomic E-state index is 13.7. The predicted molar refractivity (Wildman–Crippen MR) is 61.7 cm³/mol. The molecule has 0 unspecified atom stereocenters. The van der Waals surface area contributed by atoms with Gasteiger partial charge in [-0.25, -0.2) is 4.39 Å². The van der Waals surface area contributed by atoms with E-state index in [1.54, 1.807) is 24.3 Å². The van der Waals surface area contributed by atoms with Gasteiger partial charge in [0, 0.05) is 16.5 Å². The Morgan fingerprint density at radius 2 is 2.12 bits per heavy atom. The van der Waals surface area contributed by atoms with E-state index >= 15 is 0 Å². The minimum Gasteiger partial charge on any atom is -0.497 e. The summed E-state index contributed by atoms with van der Waals surface area (Å²) in [4.78, 5) is 11.9. The van der Waals surface area contributed by atoms with Crippen molar-refractivity contribution in [1.82, 2.24) is 0 Å². The fourth-order valence-corrected chi connectivity index (χ4v) is 2.23. The van der Waals surface area contributed by atoms with Gasteiger partial charge in [-0.15, -0.1) is 11.3 Å². The van der Waals surface area contributed by atoms with Crippen molar-refractivity contribution in [3.63, 3.8) is 0 Å². The van der Waals surface area contributed by atoms with Crippen LogP contribution >= 0.6 is 11.3 Å². The zero-order valence-corrected chi connectivity index (χ0v) is 9.38. The van der Waals surface area contributed by atoms with E-state index in [0.717, 1.165) is 11.2 Å². The van der Waals surface area contributed by atoms with E-state index in [-0.39, 0.29) is 5.82 Å². The molecule has 0 aliphatic heterocycles. The summed E-state index contributed by atoms with van der Waals surface area (Å²) in [5.41, 5.74) is 0.485. The molecule has 0 amide bonds. The highest BCUT2D eigenvalue weighted by Crippen LogP contribution is 2.31. The fraction of sp³-hybridized carbons (Fsp3) is 0.0833. The number of ether oxygens (including phenoxy) is 1. The molecule has 82 valence electrons. The Balaban J connectivity index is 2.43. The molecular formula is C12H9FO2S. The summed E-state index contributed by atoms with van der Waals surface area (Å²) in [6.07, 6.45) is 0.760. The Hall–Kier alpha value is -1.68. The third kappa shape index (κ3) is 1.97. The summed E-state index contributed by atoms with van der Waals surface area (Å²) in [5.74, 6) is 0.132. The second kappa shape index (κ2) is 4.45. The molecule has 4 heteroatoms. The van der Waals surface area contributed by atoms with Crippen LogP contribution in [0.25, 0.3) is 10.4 Å². The Morgan fingerprint density at radius 1 is 1.31 bits per heavy atom. The van der Waals surface area contributed by atoms with E-state index in [1.807, 2.05) is 0 Å². The van der Waals surface area contributed by atoms with Gasteiger partial charge < -0.3 is 4.74 Å². The maximum Gasteiger partial charge on any atom is 0.160 e. The number of carbonyl (C=O) groups is 1. The third-order valence-corrected chi connectivity index (χ3v) is 3.23. The SMILES string of the molecule is COc1ccc(-c2ccc(C=O)s2)c(F)c1. The average Bonchev–Trinajstić information content (AvgIpc) is 2.77. The topological polar surface area (TPSA) is 26.3 Å². The lowest BCUT2D eigenvalue weighted by atomic mass is 10.1. The van der Waals surface area contributed by atoms with Crippen LogP contribution in [-0.2, 0) is 0 Å². The van der Waals surface area contributed by atoms with Crippen LogP contribution in [0.1, 0.15) is 9.67 Å². The van der Waals surface area contributed by atoms with Crippen molar-refractivity contribution < 1.29 is 13.9 Å². The smallest absolute Gasteiger partial charge is 0.160 e. The Labute approximate surface area is 96.3 Å². The molecule has 0 atom stereocenters. The number of benzene rings is 1. The van der Waals surface area contributed by atoms with E-state index in [9.17, 15) is 9.18 Å². The minimum absolute atomic E-state index is 0.348. The summed E-state index contributed by atoms with van der Waals surface area (Å²) in [6, 6.07) is 8.08. The van der Waals surface area contributed by atoms with E-state index in [4.69, 9.17) is 4.74 Å². The van der Waals surface area contributed by atoms with Crippen LogP contribution in [0.4, 0.5) is 4.39 Å². The van der Waals surface area contributed by atoms with Gasteiger partial charge in [-0.1, -0.05) is 0 Å². The van der Waals surface area contributed by atoms with Crippen LogP contribution in [-0.4, -0.2) is 13.4 Å². The lowest BCUT2D eigenvalue weighted by Crippen LogP contribution is -1.86. The average molecular weight is 236 g/mol. The first kappa shape index (κ1) is 10.8. The Morgan fingerprint density at radius 3 is 2.69 bits per heavy atom. The van der Waals surface area contributed by atoms with E-state index < -0.39 is 0 Å². The monoisotopic (exact) mass is 236 g/mol. The maximum atomic E-state index is 13.7. The number of halogens is 1. The first-order valence-electron chi connectivity index (χ1n) is 4.63. The van der Waals surface area contributed by atoms with Crippen LogP contribution in [0, 0.1) is 5.82 Å². The number of rotatable bonds is 3. The molecule has 0 saturated carbocycles. The van der Waals surface area contributed by atoms with Gasteiger partial charge in [-0.05, 0) is 24.3 Å². The van der Waals surface area contributed by atoms with Crippen molar-refractivity contribution >= 4 is 17.6 Å². The molecule has 16 heavy (non-hydrogen) atoms. The quantitative estimate of drug-likeness (QED) is 0.764.